The van der Waals surface area contributed by atoms with Gasteiger partial charge >= 0.3 is 0 Å². The molecule has 0 radical (unpaired) electrons. The van der Waals surface area contributed by atoms with Gasteiger partial charge in [0.2, 0.25) is 0 Å². The van der Waals surface area contributed by atoms with E-state index in [1.54, 1.807) is 6.92 Å². The van der Waals surface area contributed by atoms with Crippen LogP contribution in [-0.2, 0) is 4.74 Å². The summed E-state index contributed by atoms with van der Waals surface area (Å²) in [7, 11) is 0. The lowest BCUT2D eigenvalue weighted by Gasteiger charge is -2.32. The second kappa shape index (κ2) is 5.93. The van der Waals surface area contributed by atoms with Crippen LogP contribution in [0.15, 0.2) is 4.52 Å². The lowest BCUT2D eigenvalue weighted by molar-refractivity contribution is -0.0605. The molecule has 0 atom stereocenters. The molecule has 2 rings (SSSR count). The van der Waals surface area contributed by atoms with Crippen LogP contribution in [0.2, 0.25) is 0 Å². The number of aryl methyl sites for hydroxylation is 1. The molecule has 1 fully saturated rings. The Morgan fingerprint density at radius 1 is 1.45 bits per heavy atom. The smallest absolute Gasteiger partial charge is 0.256 e. The van der Waals surface area contributed by atoms with Crippen molar-refractivity contribution in [1.29, 1.82) is 0 Å². The molecular weight excluding hydrogens is 260 g/mol. The minimum Gasteiger partial charge on any atom is -0.388 e. The van der Waals surface area contributed by atoms with E-state index in [0.29, 0.717) is 43.1 Å². The second-order valence-electron chi connectivity index (χ2n) is 5.68. The van der Waals surface area contributed by atoms with Crippen molar-refractivity contribution >= 4 is 5.91 Å². The van der Waals surface area contributed by atoms with Crippen LogP contribution in [0.5, 0.6) is 0 Å². The number of rotatable bonds is 4. The standard InChI is InChI=1S/C14H22N2O4/c1-9(2)12-11(10(3)16-20-12)13(17)15-8-14(18)4-6-19-7-5-14/h9,18H,4-8H2,1-3H3,(H,15,17). The van der Waals surface area contributed by atoms with Crippen molar-refractivity contribution in [2.45, 2.75) is 45.1 Å². The third-order valence-electron chi connectivity index (χ3n) is 3.64. The molecule has 1 aromatic heterocycles. The topological polar surface area (TPSA) is 84.6 Å². The molecule has 0 aromatic carbocycles. The highest BCUT2D eigenvalue weighted by molar-refractivity contribution is 5.96. The zero-order chi connectivity index (χ0) is 14.8. The molecule has 0 bridgehead atoms. The molecule has 20 heavy (non-hydrogen) atoms. The maximum absolute atomic E-state index is 12.3. The first-order valence-corrected chi connectivity index (χ1v) is 6.97. The number of nitrogens with one attached hydrogen (secondary N) is 1. The normalized spacial score (nSPS) is 18.2. The molecule has 2 N–H and O–H groups in total. The van der Waals surface area contributed by atoms with Gasteiger partial charge in [-0.1, -0.05) is 19.0 Å². The highest BCUT2D eigenvalue weighted by Gasteiger charge is 2.31. The van der Waals surface area contributed by atoms with Crippen LogP contribution in [0.25, 0.3) is 0 Å². The van der Waals surface area contributed by atoms with Gasteiger partial charge in [-0.05, 0) is 6.92 Å². The SMILES string of the molecule is Cc1noc(C(C)C)c1C(=O)NCC1(O)CCOCC1. The summed E-state index contributed by atoms with van der Waals surface area (Å²) in [5.74, 6) is 0.425. The molecule has 0 aliphatic carbocycles. The molecule has 6 heteroatoms. The van der Waals surface area contributed by atoms with Crippen LogP contribution in [0.4, 0.5) is 0 Å². The van der Waals surface area contributed by atoms with Gasteiger partial charge in [-0.2, -0.15) is 0 Å². The van der Waals surface area contributed by atoms with Crippen molar-refractivity contribution in [3.63, 3.8) is 0 Å². The first kappa shape index (κ1) is 15.0. The third kappa shape index (κ3) is 3.19. The molecule has 0 unspecified atom stereocenters. The Hall–Kier alpha value is -1.40. The van der Waals surface area contributed by atoms with Crippen LogP contribution in [0.3, 0.4) is 0 Å². The van der Waals surface area contributed by atoms with Crippen molar-refractivity contribution in [3.8, 4) is 0 Å². The Kier molecular flexibility index (Phi) is 4.45. The summed E-state index contributed by atoms with van der Waals surface area (Å²) in [6.45, 7) is 6.90. The van der Waals surface area contributed by atoms with Crippen molar-refractivity contribution in [2.24, 2.45) is 0 Å². The third-order valence-corrected chi connectivity index (χ3v) is 3.64. The van der Waals surface area contributed by atoms with Crippen LogP contribution in [0, 0.1) is 6.92 Å². The Labute approximate surface area is 118 Å². The Morgan fingerprint density at radius 2 is 2.10 bits per heavy atom. The molecule has 1 saturated heterocycles. The summed E-state index contributed by atoms with van der Waals surface area (Å²) < 4.78 is 10.4. The Bertz CT molecular complexity index is 476. The van der Waals surface area contributed by atoms with E-state index in [1.807, 2.05) is 13.8 Å². The summed E-state index contributed by atoms with van der Waals surface area (Å²) in [5.41, 5.74) is 0.178. The number of amides is 1. The molecule has 1 amide bonds. The summed E-state index contributed by atoms with van der Waals surface area (Å²) >= 11 is 0. The highest BCUT2D eigenvalue weighted by atomic mass is 16.5. The molecule has 0 saturated carbocycles. The van der Waals surface area contributed by atoms with Crippen molar-refractivity contribution in [1.82, 2.24) is 10.5 Å². The molecule has 1 aromatic rings. The lowest BCUT2D eigenvalue weighted by atomic mass is 9.94. The molecule has 0 spiro atoms. The lowest BCUT2D eigenvalue weighted by Crippen LogP contribution is -2.46. The number of ether oxygens (including phenoxy) is 1. The minimum absolute atomic E-state index is 0.0862. The number of hydrogen-bond donors (Lipinski definition) is 2. The summed E-state index contributed by atoms with van der Waals surface area (Å²) in [4.78, 5) is 12.3. The van der Waals surface area contributed by atoms with Gasteiger partial charge in [-0.15, -0.1) is 0 Å². The van der Waals surface area contributed by atoms with Gasteiger partial charge in [0.05, 0.1) is 11.3 Å². The van der Waals surface area contributed by atoms with Gasteiger partial charge in [-0.3, -0.25) is 4.79 Å². The van der Waals surface area contributed by atoms with Gasteiger partial charge in [0.25, 0.3) is 5.91 Å². The highest BCUT2D eigenvalue weighted by Crippen LogP contribution is 2.23. The molecule has 2 heterocycles. The Morgan fingerprint density at radius 3 is 2.70 bits per heavy atom. The van der Waals surface area contributed by atoms with E-state index in [9.17, 15) is 9.90 Å². The molecule has 112 valence electrons. The second-order valence-corrected chi connectivity index (χ2v) is 5.68. The Balaban J connectivity index is 2.03. The number of aromatic nitrogens is 1. The van der Waals surface area contributed by atoms with Crippen molar-refractivity contribution < 1.29 is 19.2 Å². The van der Waals surface area contributed by atoms with E-state index in [4.69, 9.17) is 9.26 Å². The molecular formula is C14H22N2O4. The maximum Gasteiger partial charge on any atom is 0.256 e. The van der Waals surface area contributed by atoms with E-state index in [-0.39, 0.29) is 18.4 Å². The predicted octanol–water partition coefficient (Wildman–Crippen LogP) is 1.38. The molecule has 1 aliphatic rings. The fourth-order valence-electron chi connectivity index (χ4n) is 2.32. The zero-order valence-electron chi connectivity index (χ0n) is 12.2. The van der Waals surface area contributed by atoms with Crippen LogP contribution in [0.1, 0.15) is 54.4 Å². The first-order chi connectivity index (χ1) is 9.43. The minimum atomic E-state index is -0.878. The largest absolute Gasteiger partial charge is 0.388 e. The summed E-state index contributed by atoms with van der Waals surface area (Å²) in [5, 5.41) is 17.0. The van der Waals surface area contributed by atoms with Gasteiger partial charge in [0.1, 0.15) is 5.56 Å². The monoisotopic (exact) mass is 282 g/mol. The number of carbonyl (C=O) groups is 1. The van der Waals surface area contributed by atoms with Gasteiger partial charge in [0, 0.05) is 38.5 Å². The van der Waals surface area contributed by atoms with Gasteiger partial charge in [0.15, 0.2) is 5.76 Å². The number of nitrogens with zero attached hydrogens (tertiary/aromatic N) is 1. The molecule has 1 aliphatic heterocycles. The number of hydrogen-bond acceptors (Lipinski definition) is 5. The fourth-order valence-corrected chi connectivity index (χ4v) is 2.32. The van der Waals surface area contributed by atoms with E-state index in [1.165, 1.54) is 0 Å². The average molecular weight is 282 g/mol. The zero-order valence-corrected chi connectivity index (χ0v) is 12.2. The van der Waals surface area contributed by atoms with E-state index in [2.05, 4.69) is 10.5 Å². The fraction of sp³-hybridized carbons (Fsp3) is 0.714. The maximum atomic E-state index is 12.3. The van der Waals surface area contributed by atoms with Crippen LogP contribution >= 0.6 is 0 Å². The van der Waals surface area contributed by atoms with Gasteiger partial charge in [-0.25, -0.2) is 0 Å². The van der Waals surface area contributed by atoms with E-state index < -0.39 is 5.60 Å². The molecule has 6 nitrogen and oxygen atoms in total. The van der Waals surface area contributed by atoms with Crippen LogP contribution < -0.4 is 5.32 Å². The summed E-state index contributed by atoms with van der Waals surface area (Å²) in [6.07, 6.45) is 1.07. The van der Waals surface area contributed by atoms with Crippen molar-refractivity contribution in [3.05, 3.63) is 17.0 Å². The number of carbonyl (C=O) groups excluding carboxylic acids is 1. The quantitative estimate of drug-likeness (QED) is 0.871. The number of aliphatic hydroxyl groups is 1. The van der Waals surface area contributed by atoms with E-state index in [0.717, 1.165) is 0 Å². The van der Waals surface area contributed by atoms with E-state index >= 15 is 0 Å². The van der Waals surface area contributed by atoms with Gasteiger partial charge < -0.3 is 19.7 Å². The summed E-state index contributed by atoms with van der Waals surface area (Å²) in [6, 6.07) is 0. The average Bonchev–Trinajstić information content (AvgIpc) is 2.79. The van der Waals surface area contributed by atoms with Crippen molar-refractivity contribution in [2.75, 3.05) is 19.8 Å². The van der Waals surface area contributed by atoms with Crippen LogP contribution in [-0.4, -0.2) is 41.5 Å². The predicted molar refractivity (Wildman–Crippen MR) is 72.7 cm³/mol. The first-order valence-electron chi connectivity index (χ1n) is 6.97.